The summed E-state index contributed by atoms with van der Waals surface area (Å²) in [6.07, 6.45) is 1.60. The smallest absolute Gasteiger partial charge is 0.328 e. The average molecular weight is 406 g/mol. The second kappa shape index (κ2) is 10.1. The Hall–Kier alpha value is -2.12. The molecule has 160 valence electrons. The Balaban J connectivity index is 1.43. The Kier molecular flexibility index (Phi) is 7.50. The molecule has 1 aromatic carbocycles. The minimum absolute atomic E-state index is 0.0712. The number of fused-ring (bicyclic) bond motifs is 1. The van der Waals surface area contributed by atoms with Crippen LogP contribution in [0.5, 0.6) is 5.75 Å². The van der Waals surface area contributed by atoms with E-state index >= 15 is 0 Å². The average Bonchev–Trinajstić information content (AvgIpc) is 3.16. The molecule has 2 heterocycles. The first kappa shape index (κ1) is 21.6. The Morgan fingerprint density at radius 2 is 1.90 bits per heavy atom. The van der Waals surface area contributed by atoms with Crippen molar-refractivity contribution >= 4 is 11.9 Å². The summed E-state index contributed by atoms with van der Waals surface area (Å²) in [5.41, 5.74) is 2.68. The van der Waals surface area contributed by atoms with Crippen LogP contribution in [0.1, 0.15) is 31.4 Å². The zero-order valence-electron chi connectivity index (χ0n) is 17.9. The molecule has 1 fully saturated rings. The minimum atomic E-state index is -0.553. The molecule has 1 aromatic rings. The second-order valence-electron chi connectivity index (χ2n) is 8.67. The van der Waals surface area contributed by atoms with Gasteiger partial charge in [0, 0.05) is 12.0 Å². The lowest BCUT2D eigenvalue weighted by Crippen LogP contribution is -3.28. The Morgan fingerprint density at radius 1 is 1.17 bits per heavy atom. The lowest BCUT2D eigenvalue weighted by atomic mass is 10.0. The van der Waals surface area contributed by atoms with Crippen molar-refractivity contribution < 1.29 is 28.9 Å². The van der Waals surface area contributed by atoms with E-state index in [-0.39, 0.29) is 11.9 Å². The van der Waals surface area contributed by atoms with Crippen molar-refractivity contribution in [2.75, 3.05) is 46.4 Å². The summed E-state index contributed by atoms with van der Waals surface area (Å²) in [6, 6.07) is 6.00. The number of carbonyl (C=O) groups is 2. The second-order valence-corrected chi connectivity index (χ2v) is 8.67. The normalized spacial score (nSPS) is 21.9. The Morgan fingerprint density at radius 3 is 2.59 bits per heavy atom. The van der Waals surface area contributed by atoms with E-state index in [1.165, 1.54) is 23.1 Å². The van der Waals surface area contributed by atoms with Gasteiger partial charge in [-0.15, -0.1) is 0 Å². The van der Waals surface area contributed by atoms with Crippen LogP contribution in [0.15, 0.2) is 18.2 Å². The predicted molar refractivity (Wildman–Crippen MR) is 109 cm³/mol. The van der Waals surface area contributed by atoms with Crippen LogP contribution in [0.2, 0.25) is 0 Å². The fraction of sp³-hybridized carbons (Fsp3) is 0.636. The van der Waals surface area contributed by atoms with Crippen LogP contribution in [0, 0.1) is 5.92 Å². The first-order chi connectivity index (χ1) is 13.9. The molecule has 7 nitrogen and oxygen atoms in total. The summed E-state index contributed by atoms with van der Waals surface area (Å²) in [7, 11) is 1.36. The summed E-state index contributed by atoms with van der Waals surface area (Å²) >= 11 is 0. The molecule has 0 bridgehead atoms. The van der Waals surface area contributed by atoms with Crippen molar-refractivity contribution in [2.24, 2.45) is 5.92 Å². The van der Waals surface area contributed by atoms with Crippen LogP contribution in [0.4, 0.5) is 0 Å². The van der Waals surface area contributed by atoms with Gasteiger partial charge in [-0.05, 0) is 36.1 Å². The number of piperazine rings is 1. The fourth-order valence-corrected chi connectivity index (χ4v) is 4.25. The maximum atomic E-state index is 12.4. The molecule has 2 aliphatic rings. The molecule has 0 aromatic heterocycles. The Bertz CT molecular complexity index is 714. The van der Waals surface area contributed by atoms with Crippen molar-refractivity contribution in [3.05, 3.63) is 29.3 Å². The molecule has 0 unspecified atom stereocenters. The van der Waals surface area contributed by atoms with Crippen molar-refractivity contribution in [3.63, 3.8) is 0 Å². The highest BCUT2D eigenvalue weighted by molar-refractivity contribution is 5.84. The van der Waals surface area contributed by atoms with Crippen LogP contribution in [-0.4, -0.2) is 64.4 Å². The standard InChI is InChI=1S/C22H33N3O4/c1-16(2)12-19(22(27)28-3)23-21(26)15-25-9-7-24(8-10-25)14-17-4-5-20-18(13-17)6-11-29-20/h4-5,13,16,19H,6-12,14-15H2,1-3H3,(H,23,26)/p+2/t19-/m0/s1. The number of carbonyl (C=O) groups excluding carboxylic acids is 2. The van der Waals surface area contributed by atoms with Crippen molar-refractivity contribution in [3.8, 4) is 5.75 Å². The molecular formula is C22H35N3O4+2. The molecule has 29 heavy (non-hydrogen) atoms. The number of ether oxygens (including phenoxy) is 2. The third-order valence-corrected chi connectivity index (χ3v) is 5.81. The van der Waals surface area contributed by atoms with Crippen LogP contribution >= 0.6 is 0 Å². The number of benzene rings is 1. The van der Waals surface area contributed by atoms with Gasteiger partial charge in [0.05, 0.1) is 13.7 Å². The maximum Gasteiger partial charge on any atom is 0.328 e. The zero-order valence-corrected chi connectivity index (χ0v) is 17.9. The SMILES string of the molecule is COC(=O)[C@H](CC(C)C)NC(=O)C[NH+]1CC[NH+](Cc2ccc3c(c2)CCO3)CC1. The van der Waals surface area contributed by atoms with Crippen molar-refractivity contribution in [2.45, 2.75) is 39.3 Å². The highest BCUT2D eigenvalue weighted by atomic mass is 16.5. The molecule has 3 rings (SSSR count). The molecular weight excluding hydrogens is 370 g/mol. The van der Waals surface area contributed by atoms with E-state index in [0.717, 1.165) is 51.5 Å². The van der Waals surface area contributed by atoms with Crippen LogP contribution < -0.4 is 19.9 Å². The molecule has 1 saturated heterocycles. The van der Waals surface area contributed by atoms with Gasteiger partial charge < -0.3 is 24.6 Å². The largest absolute Gasteiger partial charge is 0.493 e. The summed E-state index contributed by atoms with van der Waals surface area (Å²) in [6.45, 7) is 10.3. The summed E-state index contributed by atoms with van der Waals surface area (Å²) < 4.78 is 10.4. The van der Waals surface area contributed by atoms with Crippen molar-refractivity contribution in [1.29, 1.82) is 0 Å². The van der Waals surface area contributed by atoms with Gasteiger partial charge in [-0.1, -0.05) is 13.8 Å². The third kappa shape index (κ3) is 6.18. The van der Waals surface area contributed by atoms with E-state index in [1.807, 2.05) is 13.8 Å². The third-order valence-electron chi connectivity index (χ3n) is 5.81. The van der Waals surface area contributed by atoms with Crippen LogP contribution in [0.25, 0.3) is 0 Å². The van der Waals surface area contributed by atoms with Gasteiger partial charge in [-0.25, -0.2) is 4.79 Å². The van der Waals surface area contributed by atoms with Gasteiger partial charge in [0.15, 0.2) is 6.54 Å². The monoisotopic (exact) mass is 405 g/mol. The number of hydrogen-bond acceptors (Lipinski definition) is 4. The molecule has 0 saturated carbocycles. The minimum Gasteiger partial charge on any atom is -0.493 e. The quantitative estimate of drug-likeness (QED) is 0.466. The number of methoxy groups -OCH3 is 1. The van der Waals surface area contributed by atoms with Crippen LogP contribution in [-0.2, 0) is 27.3 Å². The van der Waals surface area contributed by atoms with Gasteiger partial charge >= 0.3 is 5.97 Å². The molecule has 0 aliphatic carbocycles. The predicted octanol–water partition coefficient (Wildman–Crippen LogP) is -1.39. The summed E-state index contributed by atoms with van der Waals surface area (Å²) in [5, 5.41) is 2.87. The van der Waals surface area contributed by atoms with E-state index in [9.17, 15) is 9.59 Å². The van der Waals surface area contributed by atoms with E-state index in [0.29, 0.717) is 18.9 Å². The highest BCUT2D eigenvalue weighted by Crippen LogP contribution is 2.25. The molecule has 1 amide bonds. The molecule has 0 spiro atoms. The van der Waals surface area contributed by atoms with Gasteiger partial charge in [0.25, 0.3) is 5.91 Å². The number of nitrogens with one attached hydrogen (secondary N) is 3. The lowest BCUT2D eigenvalue weighted by Gasteiger charge is -2.29. The van der Waals surface area contributed by atoms with E-state index in [1.54, 1.807) is 4.90 Å². The number of amides is 1. The first-order valence-corrected chi connectivity index (χ1v) is 10.7. The van der Waals surface area contributed by atoms with Crippen molar-refractivity contribution in [1.82, 2.24) is 5.32 Å². The summed E-state index contributed by atoms with van der Waals surface area (Å²) in [4.78, 5) is 27.2. The molecule has 1 atom stereocenters. The molecule has 3 N–H and O–H groups in total. The van der Waals surface area contributed by atoms with E-state index < -0.39 is 6.04 Å². The molecule has 2 aliphatic heterocycles. The van der Waals surface area contributed by atoms with E-state index in [4.69, 9.17) is 9.47 Å². The van der Waals surface area contributed by atoms with Gasteiger partial charge in [-0.3, -0.25) is 4.79 Å². The van der Waals surface area contributed by atoms with Crippen LogP contribution in [0.3, 0.4) is 0 Å². The fourth-order valence-electron chi connectivity index (χ4n) is 4.25. The van der Waals surface area contributed by atoms with E-state index in [2.05, 4.69) is 23.5 Å². The summed E-state index contributed by atoms with van der Waals surface area (Å²) in [5.74, 6) is 0.908. The Labute approximate surface area is 173 Å². The van der Waals surface area contributed by atoms with Gasteiger partial charge in [0.2, 0.25) is 0 Å². The molecule has 7 heteroatoms. The van der Waals surface area contributed by atoms with Gasteiger partial charge in [-0.2, -0.15) is 0 Å². The topological polar surface area (TPSA) is 73.5 Å². The highest BCUT2D eigenvalue weighted by Gasteiger charge is 2.28. The number of rotatable bonds is 8. The maximum absolute atomic E-state index is 12.4. The van der Waals surface area contributed by atoms with Gasteiger partial charge in [0.1, 0.15) is 44.5 Å². The zero-order chi connectivity index (χ0) is 20.8. The number of quaternary nitrogens is 2. The number of esters is 1. The molecule has 0 radical (unpaired) electrons. The number of hydrogen-bond donors (Lipinski definition) is 3. The lowest BCUT2D eigenvalue weighted by molar-refractivity contribution is -1.02. The first-order valence-electron chi connectivity index (χ1n) is 10.7.